The topological polar surface area (TPSA) is 105 Å². The van der Waals surface area contributed by atoms with Crippen molar-refractivity contribution in [1.82, 2.24) is 5.32 Å². The lowest BCUT2D eigenvalue weighted by molar-refractivity contribution is -0.137. The number of aliphatic carboxylic acids is 1. The Morgan fingerprint density at radius 3 is 2.00 bits per heavy atom. The smallest absolute Gasteiger partial charge is 0.411 e. The minimum Gasteiger partial charge on any atom is -0.481 e. The van der Waals surface area contributed by atoms with E-state index in [1.807, 2.05) is 38.1 Å². The van der Waals surface area contributed by atoms with E-state index >= 15 is 0 Å². The van der Waals surface area contributed by atoms with Gasteiger partial charge in [0.05, 0.1) is 6.42 Å². The summed E-state index contributed by atoms with van der Waals surface area (Å²) in [4.78, 5) is 36.0. The van der Waals surface area contributed by atoms with Gasteiger partial charge in [-0.1, -0.05) is 62.4 Å². The van der Waals surface area contributed by atoms with Crippen LogP contribution in [0.25, 0.3) is 11.1 Å². The van der Waals surface area contributed by atoms with E-state index in [0.717, 1.165) is 22.3 Å². The number of benzene rings is 3. The van der Waals surface area contributed by atoms with Crippen LogP contribution in [0.5, 0.6) is 0 Å². The first-order chi connectivity index (χ1) is 16.8. The van der Waals surface area contributed by atoms with Crippen LogP contribution in [-0.2, 0) is 9.53 Å². The molecule has 7 nitrogen and oxygen atoms in total. The Morgan fingerprint density at radius 1 is 0.886 bits per heavy atom. The number of hydrogen-bond donors (Lipinski definition) is 3. The van der Waals surface area contributed by atoms with Gasteiger partial charge in [0.1, 0.15) is 6.61 Å². The molecule has 180 valence electrons. The molecule has 1 aliphatic rings. The second-order valence-corrected chi connectivity index (χ2v) is 8.95. The molecule has 1 atom stereocenters. The Hall–Kier alpha value is -4.13. The highest BCUT2D eigenvalue weighted by Crippen LogP contribution is 2.44. The Bertz CT molecular complexity index is 1190. The molecule has 4 rings (SSSR count). The van der Waals surface area contributed by atoms with E-state index in [4.69, 9.17) is 9.84 Å². The summed E-state index contributed by atoms with van der Waals surface area (Å²) in [6, 6.07) is 22.2. The Morgan fingerprint density at radius 2 is 1.46 bits per heavy atom. The van der Waals surface area contributed by atoms with Gasteiger partial charge in [-0.15, -0.1) is 0 Å². The molecule has 0 unspecified atom stereocenters. The van der Waals surface area contributed by atoms with Crippen molar-refractivity contribution in [3.63, 3.8) is 0 Å². The van der Waals surface area contributed by atoms with Crippen LogP contribution in [0.2, 0.25) is 0 Å². The van der Waals surface area contributed by atoms with Crippen molar-refractivity contribution in [3.8, 4) is 11.1 Å². The summed E-state index contributed by atoms with van der Waals surface area (Å²) in [5.74, 6) is -1.38. The van der Waals surface area contributed by atoms with Crippen LogP contribution in [0.4, 0.5) is 10.5 Å². The fraction of sp³-hybridized carbons (Fsp3) is 0.250. The lowest BCUT2D eigenvalue weighted by atomic mass is 9.98. The molecule has 3 aromatic carbocycles. The first-order valence-electron chi connectivity index (χ1n) is 11.6. The van der Waals surface area contributed by atoms with Gasteiger partial charge in [-0.2, -0.15) is 0 Å². The van der Waals surface area contributed by atoms with Crippen LogP contribution < -0.4 is 10.6 Å². The third kappa shape index (κ3) is 5.51. The second kappa shape index (κ2) is 10.4. The lowest BCUT2D eigenvalue weighted by Crippen LogP contribution is -2.40. The zero-order valence-corrected chi connectivity index (χ0v) is 19.7. The van der Waals surface area contributed by atoms with Crippen LogP contribution in [0.15, 0.2) is 72.8 Å². The molecule has 0 fully saturated rings. The minimum atomic E-state index is -0.966. The van der Waals surface area contributed by atoms with Crippen molar-refractivity contribution in [3.05, 3.63) is 89.5 Å². The largest absolute Gasteiger partial charge is 0.481 e. The van der Waals surface area contributed by atoms with E-state index in [1.54, 1.807) is 24.3 Å². The summed E-state index contributed by atoms with van der Waals surface area (Å²) in [7, 11) is 0. The number of carbonyl (C=O) groups is 3. The fourth-order valence-corrected chi connectivity index (χ4v) is 4.35. The van der Waals surface area contributed by atoms with Crippen LogP contribution in [0.1, 0.15) is 47.7 Å². The number of fused-ring (bicyclic) bond motifs is 3. The number of carboxylic acids is 1. The summed E-state index contributed by atoms with van der Waals surface area (Å²) in [6.45, 7) is 3.92. The van der Waals surface area contributed by atoms with Crippen LogP contribution in [0.3, 0.4) is 0 Å². The van der Waals surface area contributed by atoms with Gasteiger partial charge in [-0.25, -0.2) is 4.79 Å². The number of carbonyl (C=O) groups excluding carboxylic acids is 2. The average molecular weight is 473 g/mol. The van der Waals surface area contributed by atoms with Gasteiger partial charge in [0, 0.05) is 23.2 Å². The number of amides is 2. The van der Waals surface area contributed by atoms with Crippen molar-refractivity contribution in [2.75, 3.05) is 11.9 Å². The Kier molecular flexibility index (Phi) is 7.15. The third-order valence-corrected chi connectivity index (χ3v) is 6.25. The molecule has 0 bridgehead atoms. The van der Waals surface area contributed by atoms with Crippen molar-refractivity contribution in [1.29, 1.82) is 0 Å². The van der Waals surface area contributed by atoms with Crippen molar-refractivity contribution >= 4 is 23.7 Å². The van der Waals surface area contributed by atoms with E-state index in [-0.39, 0.29) is 30.8 Å². The van der Waals surface area contributed by atoms with Gasteiger partial charge in [0.15, 0.2) is 0 Å². The highest BCUT2D eigenvalue weighted by atomic mass is 16.5. The maximum atomic E-state index is 12.5. The van der Waals surface area contributed by atoms with Gasteiger partial charge in [0.2, 0.25) is 0 Å². The number of hydrogen-bond acceptors (Lipinski definition) is 4. The molecule has 0 spiro atoms. The Labute approximate surface area is 204 Å². The number of rotatable bonds is 8. The van der Waals surface area contributed by atoms with Crippen molar-refractivity contribution < 1.29 is 24.2 Å². The predicted molar refractivity (Wildman–Crippen MR) is 133 cm³/mol. The number of carboxylic acid groups (broad SMARTS) is 1. The average Bonchev–Trinajstić information content (AvgIpc) is 3.16. The molecule has 3 N–H and O–H groups in total. The zero-order valence-electron chi connectivity index (χ0n) is 19.7. The van der Waals surface area contributed by atoms with E-state index in [1.165, 1.54) is 0 Å². The quantitative estimate of drug-likeness (QED) is 0.414. The van der Waals surface area contributed by atoms with E-state index < -0.39 is 18.1 Å². The zero-order chi connectivity index (χ0) is 24.9. The number of nitrogens with one attached hydrogen (secondary N) is 2. The highest BCUT2D eigenvalue weighted by molar-refractivity contribution is 5.95. The minimum absolute atomic E-state index is 0.0236. The normalized spacial score (nSPS) is 13.0. The molecule has 35 heavy (non-hydrogen) atoms. The van der Waals surface area contributed by atoms with Gasteiger partial charge in [-0.3, -0.25) is 14.9 Å². The molecular weight excluding hydrogens is 444 g/mol. The third-order valence-electron chi connectivity index (χ3n) is 6.25. The Balaban J connectivity index is 1.35. The van der Waals surface area contributed by atoms with Crippen LogP contribution >= 0.6 is 0 Å². The predicted octanol–water partition coefficient (Wildman–Crippen LogP) is 5.28. The molecule has 0 heterocycles. The molecular formula is C28H28N2O5. The fourth-order valence-electron chi connectivity index (χ4n) is 4.35. The summed E-state index contributed by atoms with van der Waals surface area (Å²) in [5, 5.41) is 14.5. The first kappa shape index (κ1) is 24.0. The summed E-state index contributed by atoms with van der Waals surface area (Å²) in [5.41, 5.74) is 5.46. The SMILES string of the molecule is CC(C)[C@@H](CC(=O)O)NC(=O)c1ccc(NC(=O)OCC2c3ccccc3-c3ccccc32)cc1. The van der Waals surface area contributed by atoms with Gasteiger partial charge in [0.25, 0.3) is 5.91 Å². The highest BCUT2D eigenvalue weighted by Gasteiger charge is 2.29. The standard InChI is InChI=1S/C28H28N2O5/c1-17(2)25(15-26(31)32)30-27(33)18-11-13-19(14-12-18)29-28(34)35-16-24-22-9-5-3-7-20(22)21-8-4-6-10-23(21)24/h3-14,17,24-25H,15-16H2,1-2H3,(H,29,34)(H,30,33)(H,31,32)/t25-/m1/s1. The van der Waals surface area contributed by atoms with Gasteiger partial charge < -0.3 is 15.2 Å². The second-order valence-electron chi connectivity index (χ2n) is 8.95. The summed E-state index contributed by atoms with van der Waals surface area (Å²) in [6.07, 6.45) is -0.726. The van der Waals surface area contributed by atoms with Crippen LogP contribution in [-0.4, -0.2) is 35.7 Å². The molecule has 1 aliphatic carbocycles. The van der Waals surface area contributed by atoms with E-state index in [0.29, 0.717) is 11.3 Å². The molecule has 0 saturated heterocycles. The maximum Gasteiger partial charge on any atom is 0.411 e. The number of anilines is 1. The first-order valence-corrected chi connectivity index (χ1v) is 11.6. The lowest BCUT2D eigenvalue weighted by Gasteiger charge is -2.20. The molecule has 7 heteroatoms. The van der Waals surface area contributed by atoms with E-state index in [2.05, 4.69) is 34.9 Å². The van der Waals surface area contributed by atoms with Gasteiger partial charge >= 0.3 is 12.1 Å². The molecule has 0 radical (unpaired) electrons. The van der Waals surface area contributed by atoms with Crippen molar-refractivity contribution in [2.45, 2.75) is 32.2 Å². The number of ether oxygens (including phenoxy) is 1. The summed E-state index contributed by atoms with van der Waals surface area (Å²) < 4.78 is 5.55. The molecule has 3 aromatic rings. The molecule has 0 saturated carbocycles. The van der Waals surface area contributed by atoms with Crippen LogP contribution in [0, 0.1) is 5.92 Å². The molecule has 2 amide bonds. The van der Waals surface area contributed by atoms with Crippen molar-refractivity contribution in [2.24, 2.45) is 5.92 Å². The molecule has 0 aliphatic heterocycles. The maximum absolute atomic E-state index is 12.5. The molecule has 0 aromatic heterocycles. The van der Waals surface area contributed by atoms with E-state index in [9.17, 15) is 14.4 Å². The monoisotopic (exact) mass is 472 g/mol. The summed E-state index contributed by atoms with van der Waals surface area (Å²) >= 11 is 0. The van der Waals surface area contributed by atoms with Gasteiger partial charge in [-0.05, 0) is 52.4 Å².